The van der Waals surface area contributed by atoms with E-state index in [1.807, 2.05) is 0 Å². The van der Waals surface area contributed by atoms with Crippen LogP contribution in [0.3, 0.4) is 0 Å². The fraction of sp³-hybridized carbons (Fsp3) is 0.111. The highest BCUT2D eigenvalue weighted by Gasteiger charge is 2.27. The van der Waals surface area contributed by atoms with Crippen LogP contribution in [0.25, 0.3) is 11.1 Å². The van der Waals surface area contributed by atoms with Gasteiger partial charge in [-0.2, -0.15) is 0 Å². The molecule has 6 rings (SSSR count). The topological polar surface area (TPSA) is 15.3 Å². The number of hydrogen-bond donors (Lipinski definition) is 1. The van der Waals surface area contributed by atoms with Crippen LogP contribution in [0.5, 0.6) is 0 Å². The second-order valence-electron chi connectivity index (χ2n) is 8.85. The van der Waals surface area contributed by atoms with Gasteiger partial charge < -0.3 is 10.2 Å². The Labute approximate surface area is 187 Å². The van der Waals surface area contributed by atoms with E-state index in [2.05, 4.69) is 115 Å². The van der Waals surface area contributed by atoms with E-state index in [1.165, 1.54) is 44.2 Å². The monoisotopic (exact) mass is 434 g/mol. The average Bonchev–Trinajstić information content (AvgIpc) is 2.82. The van der Waals surface area contributed by atoms with Crippen molar-refractivity contribution < 1.29 is 0 Å². The molecule has 4 aromatic carbocycles. The molecule has 2 heterocycles. The Kier molecular flexibility index (Phi) is 4.20. The van der Waals surface area contributed by atoms with Crippen LogP contribution in [-0.4, -0.2) is 24.6 Å². The number of rotatable bonds is 1. The molecular weight excluding hydrogens is 408 g/mol. The van der Waals surface area contributed by atoms with Gasteiger partial charge in [0.15, 0.2) is 0 Å². The first kappa shape index (κ1) is 18.7. The minimum atomic E-state index is -1.21. The Morgan fingerprint density at radius 2 is 1.16 bits per heavy atom. The molecule has 31 heavy (non-hydrogen) atoms. The first-order valence-corrected chi connectivity index (χ1v) is 15.7. The Morgan fingerprint density at radius 1 is 0.581 bits per heavy atom. The number of para-hydroxylation sites is 2. The summed E-state index contributed by atoms with van der Waals surface area (Å²) in [6.45, 7) is 4.92. The van der Waals surface area contributed by atoms with E-state index in [0.29, 0.717) is 0 Å². The van der Waals surface area contributed by atoms with Gasteiger partial charge >= 0.3 is 0 Å². The fourth-order valence-electron chi connectivity index (χ4n) is 5.36. The summed E-state index contributed by atoms with van der Waals surface area (Å²) in [7, 11) is -0.200. The smallest absolute Gasteiger partial charge is 0.105 e. The van der Waals surface area contributed by atoms with Crippen molar-refractivity contribution in [3.05, 3.63) is 84.9 Å². The van der Waals surface area contributed by atoms with Crippen molar-refractivity contribution in [1.29, 1.82) is 0 Å². The predicted octanol–water partition coefficient (Wildman–Crippen LogP) is 3.43. The maximum absolute atomic E-state index is 3.66. The first-order chi connectivity index (χ1) is 15.1. The molecule has 0 amide bonds. The van der Waals surface area contributed by atoms with Crippen LogP contribution in [0.1, 0.15) is 0 Å². The third-order valence-electron chi connectivity index (χ3n) is 7.17. The molecule has 4 heteroatoms. The van der Waals surface area contributed by atoms with Gasteiger partial charge in [0.2, 0.25) is 0 Å². The average molecular weight is 435 g/mol. The molecule has 0 radical (unpaired) electrons. The van der Waals surface area contributed by atoms with E-state index < -0.39 is 17.6 Å². The van der Waals surface area contributed by atoms with Crippen LogP contribution in [0, 0.1) is 0 Å². The van der Waals surface area contributed by atoms with E-state index in [0.717, 1.165) is 0 Å². The minimum Gasteiger partial charge on any atom is -0.356 e. The van der Waals surface area contributed by atoms with Crippen LogP contribution in [0.2, 0.25) is 13.1 Å². The highest BCUT2D eigenvalue weighted by molar-refractivity contribution is 6.87. The number of fused-ring (bicyclic) bond motifs is 4. The maximum Gasteiger partial charge on any atom is 0.105 e. The molecule has 1 N–H and O–H groups in total. The van der Waals surface area contributed by atoms with Gasteiger partial charge in [0, 0.05) is 29.8 Å². The van der Waals surface area contributed by atoms with E-state index in [4.69, 9.17) is 0 Å². The van der Waals surface area contributed by atoms with Gasteiger partial charge in [-0.3, -0.25) is 0 Å². The Bertz CT molecular complexity index is 1330. The molecule has 0 aliphatic carbocycles. The molecule has 0 saturated carbocycles. The number of nitrogens with zero attached hydrogens (tertiary/aromatic N) is 1. The number of hydrogen-bond acceptors (Lipinski definition) is 2. The molecule has 4 aromatic rings. The zero-order chi connectivity index (χ0) is 21.1. The molecule has 0 spiro atoms. The van der Waals surface area contributed by atoms with E-state index in [-0.39, 0.29) is 0 Å². The standard InChI is InChI=1S/C27H26N2Si2/c1-29-22-9-5-7-11-25(22)31(3)27-17-19(13-15-23(27)29)18-12-14-21-26(16-18)30(2)24-10-6-4-8-20(24)28-21/h4-17,28,30-31H,1-3H3/t30-,31+/m0/s1. The van der Waals surface area contributed by atoms with Crippen molar-refractivity contribution in [2.45, 2.75) is 13.1 Å². The molecule has 2 atom stereocenters. The summed E-state index contributed by atoms with van der Waals surface area (Å²) < 4.78 is 0. The van der Waals surface area contributed by atoms with Crippen molar-refractivity contribution in [2.75, 3.05) is 17.3 Å². The molecule has 2 aliphatic heterocycles. The third-order valence-corrected chi connectivity index (χ3v) is 12.8. The summed E-state index contributed by atoms with van der Waals surface area (Å²) in [5.74, 6) is 0. The van der Waals surface area contributed by atoms with Gasteiger partial charge in [0.1, 0.15) is 17.6 Å². The lowest BCUT2D eigenvalue weighted by Gasteiger charge is -2.34. The molecule has 2 nitrogen and oxygen atoms in total. The van der Waals surface area contributed by atoms with Crippen molar-refractivity contribution >= 4 is 61.1 Å². The minimum absolute atomic E-state index is 1.20. The molecule has 0 bridgehead atoms. The Balaban J connectivity index is 1.43. The van der Waals surface area contributed by atoms with Gasteiger partial charge in [0.05, 0.1) is 0 Å². The lowest BCUT2D eigenvalue weighted by atomic mass is 10.0. The molecular formula is C27H26N2Si2. The molecule has 152 valence electrons. The summed E-state index contributed by atoms with van der Waals surface area (Å²) in [5, 5.41) is 9.77. The van der Waals surface area contributed by atoms with E-state index in [9.17, 15) is 0 Å². The van der Waals surface area contributed by atoms with Gasteiger partial charge in [0.25, 0.3) is 0 Å². The molecule has 0 unspecified atom stereocenters. The van der Waals surface area contributed by atoms with Gasteiger partial charge in [-0.25, -0.2) is 0 Å². The van der Waals surface area contributed by atoms with Crippen molar-refractivity contribution in [1.82, 2.24) is 0 Å². The largest absolute Gasteiger partial charge is 0.356 e. The van der Waals surface area contributed by atoms with E-state index >= 15 is 0 Å². The number of anilines is 4. The lowest BCUT2D eigenvalue weighted by Crippen LogP contribution is -2.48. The number of nitrogens with one attached hydrogen (secondary N) is 1. The van der Waals surface area contributed by atoms with Crippen molar-refractivity contribution in [2.24, 2.45) is 0 Å². The highest BCUT2D eigenvalue weighted by Crippen LogP contribution is 2.30. The summed E-state index contributed by atoms with van der Waals surface area (Å²) in [4.78, 5) is 2.37. The van der Waals surface area contributed by atoms with Gasteiger partial charge in [-0.15, -0.1) is 0 Å². The second kappa shape index (κ2) is 6.97. The second-order valence-corrected chi connectivity index (χ2v) is 14.2. The highest BCUT2D eigenvalue weighted by atomic mass is 28.3. The van der Waals surface area contributed by atoms with Crippen LogP contribution in [0.15, 0.2) is 84.9 Å². The van der Waals surface area contributed by atoms with Crippen LogP contribution >= 0.6 is 0 Å². The molecule has 0 aromatic heterocycles. The van der Waals surface area contributed by atoms with Crippen LogP contribution in [0.4, 0.5) is 22.7 Å². The zero-order valence-corrected chi connectivity index (χ0v) is 20.5. The molecule has 0 saturated heterocycles. The number of benzene rings is 4. The summed E-state index contributed by atoms with van der Waals surface area (Å²) in [6.07, 6.45) is 0. The van der Waals surface area contributed by atoms with Crippen LogP contribution in [-0.2, 0) is 0 Å². The summed E-state index contributed by atoms with van der Waals surface area (Å²) in [5.41, 5.74) is 8.00. The van der Waals surface area contributed by atoms with Crippen molar-refractivity contribution in [3.63, 3.8) is 0 Å². The molecule has 0 fully saturated rings. The zero-order valence-electron chi connectivity index (χ0n) is 18.2. The maximum atomic E-state index is 3.66. The first-order valence-electron chi connectivity index (χ1n) is 11.1. The SMILES string of the molecule is CN1c2ccccc2[Si@@H](C)c2cc(-c3ccc4c(c3)[Si@@H](C)c3ccccc3N4)ccc21. The lowest BCUT2D eigenvalue weighted by molar-refractivity contribution is 1.22. The third kappa shape index (κ3) is 2.82. The van der Waals surface area contributed by atoms with Gasteiger partial charge in [-0.1, -0.05) is 73.8 Å². The van der Waals surface area contributed by atoms with E-state index in [1.54, 1.807) is 10.4 Å². The van der Waals surface area contributed by atoms with Crippen LogP contribution < -0.4 is 31.0 Å². The quantitative estimate of drug-likeness (QED) is 0.462. The fourth-order valence-corrected chi connectivity index (χ4v) is 10.4. The van der Waals surface area contributed by atoms with Crippen molar-refractivity contribution in [3.8, 4) is 11.1 Å². The predicted molar refractivity (Wildman–Crippen MR) is 141 cm³/mol. The Morgan fingerprint density at radius 3 is 2.00 bits per heavy atom. The Hall–Kier alpha value is -3.09. The normalized spacial score (nSPS) is 18.4. The van der Waals surface area contributed by atoms with Gasteiger partial charge in [-0.05, 0) is 56.1 Å². The summed E-state index contributed by atoms with van der Waals surface area (Å²) in [6, 6.07) is 31.9. The molecule has 2 aliphatic rings. The summed E-state index contributed by atoms with van der Waals surface area (Å²) >= 11 is 0.